The van der Waals surface area contributed by atoms with Crippen LogP contribution >= 0.6 is 10.7 Å². The molecule has 0 aliphatic carbocycles. The van der Waals surface area contributed by atoms with E-state index >= 15 is 0 Å². The molecule has 5 heteroatoms. The highest BCUT2D eigenvalue weighted by Gasteiger charge is 2.20. The second kappa shape index (κ2) is 6.81. The molecule has 0 aliphatic heterocycles. The summed E-state index contributed by atoms with van der Waals surface area (Å²) in [5, 5.41) is 0. The molecule has 3 nitrogen and oxygen atoms in total. The lowest BCUT2D eigenvalue weighted by atomic mass is 10.0. The molecule has 1 rings (SSSR count). The van der Waals surface area contributed by atoms with E-state index in [-0.39, 0.29) is 16.9 Å². The summed E-state index contributed by atoms with van der Waals surface area (Å²) in [5.74, 6) is 0.793. The lowest BCUT2D eigenvalue weighted by molar-refractivity contribution is 0.208. The van der Waals surface area contributed by atoms with Crippen molar-refractivity contribution in [3.63, 3.8) is 0 Å². The molecule has 0 spiro atoms. The van der Waals surface area contributed by atoms with E-state index in [2.05, 4.69) is 6.92 Å². The SMILES string of the molecule is CCCC(C)Oc1cc(C(C)C)c(S(=O)(=O)Cl)cc1C. The molecule has 1 unspecified atom stereocenters. The summed E-state index contributed by atoms with van der Waals surface area (Å²) in [5.41, 5.74) is 1.49. The van der Waals surface area contributed by atoms with Crippen LogP contribution in [0.25, 0.3) is 0 Å². The minimum atomic E-state index is -3.74. The predicted octanol–water partition coefficient (Wildman–Crippen LogP) is 4.61. The van der Waals surface area contributed by atoms with E-state index in [0.717, 1.165) is 24.2 Å². The molecule has 1 aromatic carbocycles. The van der Waals surface area contributed by atoms with E-state index in [1.807, 2.05) is 27.7 Å². The molecule has 0 radical (unpaired) electrons. The third kappa shape index (κ3) is 4.38. The summed E-state index contributed by atoms with van der Waals surface area (Å²) in [6, 6.07) is 3.41. The first-order chi connectivity index (χ1) is 9.16. The van der Waals surface area contributed by atoms with Crippen LogP contribution in [0, 0.1) is 6.92 Å². The van der Waals surface area contributed by atoms with Gasteiger partial charge in [-0.15, -0.1) is 0 Å². The van der Waals surface area contributed by atoms with E-state index < -0.39 is 9.05 Å². The normalized spacial score (nSPS) is 13.6. The van der Waals surface area contributed by atoms with Crippen molar-refractivity contribution in [3.8, 4) is 5.75 Å². The Hall–Kier alpha value is -0.740. The number of hydrogen-bond donors (Lipinski definition) is 0. The zero-order chi connectivity index (χ0) is 15.5. The Labute approximate surface area is 126 Å². The maximum absolute atomic E-state index is 11.7. The number of halogens is 1. The fraction of sp³-hybridized carbons (Fsp3) is 0.600. The van der Waals surface area contributed by atoms with Gasteiger partial charge in [-0.25, -0.2) is 8.42 Å². The van der Waals surface area contributed by atoms with Crippen LogP contribution in [0.2, 0.25) is 0 Å². The molecule has 20 heavy (non-hydrogen) atoms. The smallest absolute Gasteiger partial charge is 0.261 e. The van der Waals surface area contributed by atoms with Gasteiger partial charge in [0.05, 0.1) is 11.0 Å². The van der Waals surface area contributed by atoms with Gasteiger partial charge in [-0.05, 0) is 49.4 Å². The van der Waals surface area contributed by atoms with Gasteiger partial charge in [-0.2, -0.15) is 0 Å². The van der Waals surface area contributed by atoms with Gasteiger partial charge in [0.15, 0.2) is 0 Å². The topological polar surface area (TPSA) is 43.4 Å². The van der Waals surface area contributed by atoms with Crippen molar-refractivity contribution in [3.05, 3.63) is 23.3 Å². The summed E-state index contributed by atoms with van der Waals surface area (Å²) in [6.07, 6.45) is 2.12. The second-order valence-electron chi connectivity index (χ2n) is 5.47. The van der Waals surface area contributed by atoms with Crippen molar-refractivity contribution in [2.45, 2.75) is 64.4 Å². The molecule has 0 N–H and O–H groups in total. The van der Waals surface area contributed by atoms with Crippen molar-refractivity contribution < 1.29 is 13.2 Å². The Morgan fingerprint density at radius 2 is 1.85 bits per heavy atom. The zero-order valence-electron chi connectivity index (χ0n) is 12.7. The van der Waals surface area contributed by atoms with E-state index in [1.54, 1.807) is 12.1 Å². The molecular formula is C15H23ClO3S. The summed E-state index contributed by atoms with van der Waals surface area (Å²) in [6.45, 7) is 9.84. The van der Waals surface area contributed by atoms with Crippen LogP contribution in [-0.2, 0) is 9.05 Å². The molecule has 1 aromatic rings. The van der Waals surface area contributed by atoms with Crippen LogP contribution < -0.4 is 4.74 Å². The zero-order valence-corrected chi connectivity index (χ0v) is 14.3. The first-order valence-electron chi connectivity index (χ1n) is 6.92. The fourth-order valence-electron chi connectivity index (χ4n) is 2.15. The second-order valence-corrected chi connectivity index (χ2v) is 8.00. The molecule has 114 valence electrons. The van der Waals surface area contributed by atoms with Gasteiger partial charge in [0.1, 0.15) is 5.75 Å². The molecule has 0 saturated heterocycles. The molecule has 0 saturated carbocycles. The number of benzene rings is 1. The number of ether oxygens (including phenoxy) is 1. The van der Waals surface area contributed by atoms with Crippen LogP contribution in [0.1, 0.15) is 57.6 Å². The molecule has 0 heterocycles. The Balaban J connectivity index is 3.27. The summed E-state index contributed by atoms with van der Waals surface area (Å²) in [4.78, 5) is 0.183. The third-order valence-electron chi connectivity index (χ3n) is 3.22. The van der Waals surface area contributed by atoms with Crippen LogP contribution in [-0.4, -0.2) is 14.5 Å². The van der Waals surface area contributed by atoms with Crippen LogP contribution in [0.15, 0.2) is 17.0 Å². The highest BCUT2D eigenvalue weighted by atomic mass is 35.7. The number of hydrogen-bond acceptors (Lipinski definition) is 3. The third-order valence-corrected chi connectivity index (χ3v) is 4.59. The lowest BCUT2D eigenvalue weighted by Crippen LogP contribution is -2.13. The maximum atomic E-state index is 11.7. The highest BCUT2D eigenvalue weighted by molar-refractivity contribution is 8.13. The van der Waals surface area contributed by atoms with E-state index in [0.29, 0.717) is 5.56 Å². The Bertz CT molecular complexity index is 565. The molecule has 0 aromatic heterocycles. The Morgan fingerprint density at radius 1 is 1.25 bits per heavy atom. The molecular weight excluding hydrogens is 296 g/mol. The maximum Gasteiger partial charge on any atom is 0.261 e. The van der Waals surface area contributed by atoms with Gasteiger partial charge in [-0.3, -0.25) is 0 Å². The van der Waals surface area contributed by atoms with Gasteiger partial charge >= 0.3 is 0 Å². The number of rotatable bonds is 6. The number of aryl methyl sites for hydroxylation is 1. The highest BCUT2D eigenvalue weighted by Crippen LogP contribution is 2.33. The van der Waals surface area contributed by atoms with Crippen LogP contribution in [0.3, 0.4) is 0 Å². The van der Waals surface area contributed by atoms with Crippen molar-refractivity contribution in [2.24, 2.45) is 0 Å². The van der Waals surface area contributed by atoms with Crippen LogP contribution in [0.4, 0.5) is 0 Å². The molecule has 1 atom stereocenters. The monoisotopic (exact) mass is 318 g/mol. The van der Waals surface area contributed by atoms with E-state index in [1.165, 1.54) is 0 Å². The Morgan fingerprint density at radius 3 is 2.30 bits per heavy atom. The summed E-state index contributed by atoms with van der Waals surface area (Å²) >= 11 is 0. The molecule has 0 amide bonds. The summed E-state index contributed by atoms with van der Waals surface area (Å²) < 4.78 is 29.2. The molecule has 0 fully saturated rings. The lowest BCUT2D eigenvalue weighted by Gasteiger charge is -2.19. The first kappa shape index (κ1) is 17.3. The van der Waals surface area contributed by atoms with Crippen LogP contribution in [0.5, 0.6) is 5.75 Å². The van der Waals surface area contributed by atoms with E-state index in [9.17, 15) is 8.42 Å². The van der Waals surface area contributed by atoms with Crippen molar-refractivity contribution in [2.75, 3.05) is 0 Å². The van der Waals surface area contributed by atoms with Crippen molar-refractivity contribution >= 4 is 19.7 Å². The Kier molecular flexibility index (Phi) is 5.90. The van der Waals surface area contributed by atoms with Crippen molar-refractivity contribution in [1.29, 1.82) is 0 Å². The van der Waals surface area contributed by atoms with Gasteiger partial charge in [0.2, 0.25) is 0 Å². The van der Waals surface area contributed by atoms with E-state index in [4.69, 9.17) is 15.4 Å². The fourth-order valence-corrected chi connectivity index (χ4v) is 3.44. The van der Waals surface area contributed by atoms with Crippen molar-refractivity contribution in [1.82, 2.24) is 0 Å². The minimum absolute atomic E-state index is 0.0583. The minimum Gasteiger partial charge on any atom is -0.490 e. The average molecular weight is 319 g/mol. The summed E-state index contributed by atoms with van der Waals surface area (Å²) in [7, 11) is 1.78. The standard InChI is InChI=1S/C15H23ClO3S/c1-6-7-12(5)19-14-9-13(10(2)3)15(8-11(14)4)20(16,17)18/h8-10,12H,6-7H2,1-5H3. The quantitative estimate of drug-likeness (QED) is 0.719. The largest absolute Gasteiger partial charge is 0.490 e. The first-order valence-corrected chi connectivity index (χ1v) is 9.23. The molecule has 0 bridgehead atoms. The molecule has 0 aliphatic rings. The van der Waals surface area contributed by atoms with Gasteiger partial charge in [-0.1, -0.05) is 27.2 Å². The van der Waals surface area contributed by atoms with Gasteiger partial charge < -0.3 is 4.74 Å². The van der Waals surface area contributed by atoms with Gasteiger partial charge in [0, 0.05) is 10.7 Å². The van der Waals surface area contributed by atoms with Gasteiger partial charge in [0.25, 0.3) is 9.05 Å². The predicted molar refractivity (Wildman–Crippen MR) is 83.3 cm³/mol. The average Bonchev–Trinajstić information content (AvgIpc) is 2.30.